The molecule has 3 rings (SSSR count). The Morgan fingerprint density at radius 2 is 1.71 bits per heavy atom. The average molecular weight is 487 g/mol. The molecular weight excluding hydrogens is 463 g/mol. The largest absolute Gasteiger partial charge is 0.486 e. The second-order valence-electron chi connectivity index (χ2n) is 7.24. The number of benzene rings is 2. The topological polar surface area (TPSA) is 84.9 Å². The van der Waals surface area contributed by atoms with Crippen LogP contribution in [0.1, 0.15) is 31.9 Å². The molecular formula is C21H24Cl2N2O5S. The van der Waals surface area contributed by atoms with Gasteiger partial charge >= 0.3 is 0 Å². The van der Waals surface area contributed by atoms with Gasteiger partial charge in [0.2, 0.25) is 15.9 Å². The van der Waals surface area contributed by atoms with Crippen LogP contribution in [0.25, 0.3) is 0 Å². The van der Waals surface area contributed by atoms with Gasteiger partial charge in [-0.25, -0.2) is 8.42 Å². The zero-order valence-corrected chi connectivity index (χ0v) is 19.7. The van der Waals surface area contributed by atoms with Gasteiger partial charge < -0.3 is 14.8 Å². The molecule has 0 saturated heterocycles. The van der Waals surface area contributed by atoms with Crippen molar-refractivity contribution in [2.24, 2.45) is 0 Å². The van der Waals surface area contributed by atoms with Crippen molar-refractivity contribution in [2.45, 2.75) is 32.4 Å². The molecule has 1 N–H and O–H groups in total. The molecule has 31 heavy (non-hydrogen) atoms. The first-order chi connectivity index (χ1) is 14.6. The van der Waals surface area contributed by atoms with Crippen molar-refractivity contribution in [1.82, 2.24) is 5.32 Å². The van der Waals surface area contributed by atoms with Gasteiger partial charge in [-0.3, -0.25) is 9.10 Å². The van der Waals surface area contributed by atoms with Gasteiger partial charge in [0, 0.05) is 10.0 Å². The number of carbonyl (C=O) groups is 1. The molecule has 1 aliphatic heterocycles. The standard InChI is InChI=1S/C21H24Cl2N2O5S/c1-4-18(25(31(3,27)28)17-11-15(22)10-16(23)12-17)21(26)24-13(2)14-5-6-19-20(9-14)30-8-7-29-19/h5-6,9-13,18H,4,7-8H2,1-3H3,(H,24,26)/t13-,18-/m0/s1. The van der Waals surface area contributed by atoms with Gasteiger partial charge in [0.05, 0.1) is 18.0 Å². The smallest absolute Gasteiger partial charge is 0.244 e. The maximum Gasteiger partial charge on any atom is 0.244 e. The molecule has 2 aromatic rings. The maximum absolute atomic E-state index is 13.1. The lowest BCUT2D eigenvalue weighted by atomic mass is 10.1. The second kappa shape index (κ2) is 9.54. The predicted octanol–water partition coefficient (Wildman–Crippen LogP) is 4.19. The summed E-state index contributed by atoms with van der Waals surface area (Å²) in [7, 11) is -3.80. The SMILES string of the molecule is CC[C@@H](C(=O)N[C@@H](C)c1ccc2c(c1)OCCO2)N(c1cc(Cl)cc(Cl)c1)S(C)(=O)=O. The van der Waals surface area contributed by atoms with Crippen LogP contribution < -0.4 is 19.1 Å². The van der Waals surface area contributed by atoms with Gasteiger partial charge in [0.25, 0.3) is 0 Å². The Labute approximate surface area is 192 Å². The number of ether oxygens (including phenoxy) is 2. The first-order valence-electron chi connectivity index (χ1n) is 9.75. The lowest BCUT2D eigenvalue weighted by Gasteiger charge is -2.31. The number of rotatable bonds is 7. The van der Waals surface area contributed by atoms with Crippen LogP contribution in [0, 0.1) is 0 Å². The van der Waals surface area contributed by atoms with Crippen LogP contribution in [0.15, 0.2) is 36.4 Å². The van der Waals surface area contributed by atoms with Crippen LogP contribution in [-0.4, -0.2) is 39.8 Å². The monoisotopic (exact) mass is 486 g/mol. The molecule has 168 valence electrons. The number of carbonyl (C=O) groups excluding carboxylic acids is 1. The van der Waals surface area contributed by atoms with E-state index in [9.17, 15) is 13.2 Å². The van der Waals surface area contributed by atoms with Crippen LogP contribution in [0.5, 0.6) is 11.5 Å². The van der Waals surface area contributed by atoms with Crippen molar-refractivity contribution < 1.29 is 22.7 Å². The number of halogens is 2. The van der Waals surface area contributed by atoms with E-state index in [1.165, 1.54) is 18.2 Å². The molecule has 2 atom stereocenters. The number of fused-ring (bicyclic) bond motifs is 1. The number of hydrogen-bond acceptors (Lipinski definition) is 5. The zero-order valence-electron chi connectivity index (χ0n) is 17.4. The quantitative estimate of drug-likeness (QED) is 0.633. The van der Waals surface area contributed by atoms with Crippen LogP contribution in [0.2, 0.25) is 10.0 Å². The molecule has 0 fully saturated rings. The molecule has 0 bridgehead atoms. The number of nitrogens with one attached hydrogen (secondary N) is 1. The van der Waals surface area contributed by atoms with Crippen molar-refractivity contribution in [3.63, 3.8) is 0 Å². The first-order valence-corrected chi connectivity index (χ1v) is 12.4. The molecule has 7 nitrogen and oxygen atoms in total. The minimum absolute atomic E-state index is 0.231. The van der Waals surface area contributed by atoms with Gasteiger partial charge in [-0.2, -0.15) is 0 Å². The Hall–Kier alpha value is -2.16. The highest BCUT2D eigenvalue weighted by molar-refractivity contribution is 7.92. The summed E-state index contributed by atoms with van der Waals surface area (Å²) in [5.74, 6) is 0.829. The third kappa shape index (κ3) is 5.56. The summed E-state index contributed by atoms with van der Waals surface area (Å²) < 4.78 is 37.4. The molecule has 1 aliphatic rings. The summed E-state index contributed by atoms with van der Waals surface area (Å²) in [6.45, 7) is 4.51. The fourth-order valence-electron chi connectivity index (χ4n) is 3.45. The van der Waals surface area contributed by atoms with Crippen LogP contribution in [0.4, 0.5) is 5.69 Å². The lowest BCUT2D eigenvalue weighted by Crippen LogP contribution is -2.49. The van der Waals surface area contributed by atoms with Gasteiger partial charge in [-0.05, 0) is 49.2 Å². The molecule has 0 aromatic heterocycles. The van der Waals surface area contributed by atoms with E-state index in [0.717, 1.165) is 16.1 Å². The first kappa shape index (κ1) is 23.5. The second-order valence-corrected chi connectivity index (χ2v) is 9.98. The van der Waals surface area contributed by atoms with E-state index in [1.54, 1.807) is 13.0 Å². The van der Waals surface area contributed by atoms with Crippen molar-refractivity contribution in [2.75, 3.05) is 23.8 Å². The van der Waals surface area contributed by atoms with E-state index in [-0.39, 0.29) is 28.2 Å². The highest BCUT2D eigenvalue weighted by atomic mass is 35.5. The average Bonchev–Trinajstić information content (AvgIpc) is 2.69. The summed E-state index contributed by atoms with van der Waals surface area (Å²) in [6, 6.07) is 8.50. The van der Waals surface area contributed by atoms with Crippen LogP contribution in [0.3, 0.4) is 0 Å². The molecule has 0 aliphatic carbocycles. The summed E-state index contributed by atoms with van der Waals surface area (Å²) >= 11 is 12.1. The van der Waals surface area contributed by atoms with Gasteiger partial charge in [0.1, 0.15) is 19.3 Å². The van der Waals surface area contributed by atoms with E-state index in [2.05, 4.69) is 5.32 Å². The molecule has 0 spiro atoms. The van der Waals surface area contributed by atoms with Crippen molar-refractivity contribution in [1.29, 1.82) is 0 Å². The molecule has 0 saturated carbocycles. The third-order valence-corrected chi connectivity index (χ3v) is 6.47. The maximum atomic E-state index is 13.1. The molecule has 0 unspecified atom stereocenters. The van der Waals surface area contributed by atoms with Gasteiger partial charge in [-0.15, -0.1) is 0 Å². The third-order valence-electron chi connectivity index (χ3n) is 4.86. The van der Waals surface area contributed by atoms with E-state index >= 15 is 0 Å². The molecule has 2 aromatic carbocycles. The highest BCUT2D eigenvalue weighted by Crippen LogP contribution is 2.33. The van der Waals surface area contributed by atoms with E-state index in [0.29, 0.717) is 24.7 Å². The molecule has 0 radical (unpaired) electrons. The van der Waals surface area contributed by atoms with Gasteiger partial charge in [-0.1, -0.05) is 36.2 Å². The number of hydrogen-bond donors (Lipinski definition) is 1. The number of sulfonamides is 1. The summed E-state index contributed by atoms with van der Waals surface area (Å²) in [5.41, 5.74) is 1.04. The minimum Gasteiger partial charge on any atom is -0.486 e. The lowest BCUT2D eigenvalue weighted by molar-refractivity contribution is -0.122. The van der Waals surface area contributed by atoms with Crippen molar-refractivity contribution in [3.05, 3.63) is 52.0 Å². The van der Waals surface area contributed by atoms with Gasteiger partial charge in [0.15, 0.2) is 11.5 Å². The Bertz CT molecular complexity index is 1060. The predicted molar refractivity (Wildman–Crippen MR) is 122 cm³/mol. The Kier molecular flexibility index (Phi) is 7.24. The van der Waals surface area contributed by atoms with E-state index < -0.39 is 22.0 Å². The fourth-order valence-corrected chi connectivity index (χ4v) is 5.16. The molecule has 10 heteroatoms. The summed E-state index contributed by atoms with van der Waals surface area (Å²) in [5, 5.41) is 3.45. The number of amides is 1. The van der Waals surface area contributed by atoms with Crippen LogP contribution in [-0.2, 0) is 14.8 Å². The minimum atomic E-state index is -3.80. The van der Waals surface area contributed by atoms with E-state index in [1.807, 2.05) is 19.1 Å². The normalized spacial score (nSPS) is 15.1. The molecule has 1 heterocycles. The number of anilines is 1. The Morgan fingerprint density at radius 1 is 1.10 bits per heavy atom. The van der Waals surface area contributed by atoms with E-state index in [4.69, 9.17) is 32.7 Å². The zero-order chi connectivity index (χ0) is 22.8. The fraction of sp³-hybridized carbons (Fsp3) is 0.381. The summed E-state index contributed by atoms with van der Waals surface area (Å²) in [6.07, 6.45) is 1.29. The Balaban J connectivity index is 1.86. The van der Waals surface area contributed by atoms with Crippen molar-refractivity contribution in [3.8, 4) is 11.5 Å². The highest BCUT2D eigenvalue weighted by Gasteiger charge is 2.32. The molecule has 1 amide bonds. The number of nitrogens with zero attached hydrogens (tertiary/aromatic N) is 1. The van der Waals surface area contributed by atoms with Crippen LogP contribution >= 0.6 is 23.2 Å². The summed E-state index contributed by atoms with van der Waals surface area (Å²) in [4.78, 5) is 13.1. The Morgan fingerprint density at radius 3 is 2.29 bits per heavy atom. The van der Waals surface area contributed by atoms with Crippen molar-refractivity contribution >= 4 is 44.8 Å².